The molecule has 6 nitrogen and oxygen atoms in total. The fourth-order valence-electron chi connectivity index (χ4n) is 2.32. The Morgan fingerprint density at radius 1 is 1.14 bits per heavy atom. The molecule has 0 aromatic heterocycles. The molecule has 0 heterocycles. The number of ether oxygens (including phenoxy) is 2. The summed E-state index contributed by atoms with van der Waals surface area (Å²) in [6.45, 7) is -0.0978. The van der Waals surface area contributed by atoms with E-state index in [-0.39, 0.29) is 19.1 Å². The van der Waals surface area contributed by atoms with E-state index in [2.05, 4.69) is 5.32 Å². The van der Waals surface area contributed by atoms with Crippen LogP contribution in [0.3, 0.4) is 0 Å². The van der Waals surface area contributed by atoms with E-state index in [0.717, 1.165) is 5.56 Å². The van der Waals surface area contributed by atoms with Gasteiger partial charge in [0.15, 0.2) is 6.61 Å². The van der Waals surface area contributed by atoms with Gasteiger partial charge in [-0.2, -0.15) is 17.0 Å². The minimum absolute atomic E-state index is 0.0801. The number of carbonyl (C=O) groups is 2. The summed E-state index contributed by atoms with van der Waals surface area (Å²) in [5.41, 5.74) is 1.31. The van der Waals surface area contributed by atoms with Crippen molar-refractivity contribution < 1.29 is 19.1 Å². The third-order valence-electron chi connectivity index (χ3n) is 3.81. The molecule has 2 aromatic rings. The van der Waals surface area contributed by atoms with E-state index in [1.54, 1.807) is 48.2 Å². The average Bonchev–Trinajstić information content (AvgIpc) is 2.74. The summed E-state index contributed by atoms with van der Waals surface area (Å²) in [6.07, 6.45) is 2.39. The van der Waals surface area contributed by atoms with E-state index in [9.17, 15) is 9.59 Å². The lowest BCUT2D eigenvalue weighted by Gasteiger charge is -2.17. The molecule has 0 bridgehead atoms. The van der Waals surface area contributed by atoms with Gasteiger partial charge in [0.2, 0.25) is 0 Å². The molecule has 1 amide bonds. The van der Waals surface area contributed by atoms with Crippen molar-refractivity contribution in [3.05, 3.63) is 65.7 Å². The second kappa shape index (κ2) is 11.7. The highest BCUT2D eigenvalue weighted by Crippen LogP contribution is 2.09. The number of hydrogen-bond donors (Lipinski definition) is 1. The Bertz CT molecular complexity index is 803. The van der Waals surface area contributed by atoms with E-state index < -0.39 is 12.0 Å². The minimum atomic E-state index is -0.738. The topological polar surface area (TPSA) is 88.4 Å². The number of amides is 1. The van der Waals surface area contributed by atoms with Crippen molar-refractivity contribution in [2.24, 2.45) is 0 Å². The van der Waals surface area contributed by atoms with Crippen molar-refractivity contribution in [2.75, 3.05) is 18.6 Å². The molecule has 0 saturated carbocycles. The number of thioether (sulfide) groups is 1. The van der Waals surface area contributed by atoms with Crippen LogP contribution in [0, 0.1) is 11.3 Å². The largest absolute Gasteiger partial charge is 0.484 e. The lowest BCUT2D eigenvalue weighted by atomic mass is 10.1. The Kier molecular flexibility index (Phi) is 8.89. The predicted octanol–water partition coefficient (Wildman–Crippen LogP) is 2.92. The summed E-state index contributed by atoms with van der Waals surface area (Å²) in [6, 6.07) is 17.1. The van der Waals surface area contributed by atoms with Gasteiger partial charge in [-0.3, -0.25) is 4.79 Å². The lowest BCUT2D eigenvalue weighted by Crippen LogP contribution is -2.44. The van der Waals surface area contributed by atoms with E-state index >= 15 is 0 Å². The predicted molar refractivity (Wildman–Crippen MR) is 108 cm³/mol. The molecule has 2 rings (SSSR count). The fourth-order valence-corrected chi connectivity index (χ4v) is 2.79. The second-order valence-electron chi connectivity index (χ2n) is 5.92. The van der Waals surface area contributed by atoms with E-state index in [1.165, 1.54) is 0 Å². The number of nitrogens with zero attached hydrogens (tertiary/aromatic N) is 1. The van der Waals surface area contributed by atoms with Gasteiger partial charge in [-0.05, 0) is 48.3 Å². The molecule has 28 heavy (non-hydrogen) atoms. The molecule has 0 aliphatic carbocycles. The van der Waals surface area contributed by atoms with Crippen molar-refractivity contribution in [1.29, 1.82) is 5.26 Å². The maximum absolute atomic E-state index is 12.4. The smallest absolute Gasteiger partial charge is 0.329 e. The summed E-state index contributed by atoms with van der Waals surface area (Å²) in [7, 11) is 0. The van der Waals surface area contributed by atoms with Crippen molar-refractivity contribution in [3.63, 3.8) is 0 Å². The summed E-state index contributed by atoms with van der Waals surface area (Å²) >= 11 is 1.58. The fraction of sp³-hybridized carbons (Fsp3) is 0.286. The number of nitriles is 1. The molecule has 0 fully saturated rings. The Hall–Kier alpha value is -2.98. The number of nitrogens with one attached hydrogen (secondary N) is 1. The molecule has 0 unspecified atom stereocenters. The molecule has 1 N–H and O–H groups in total. The molecule has 146 valence electrons. The Balaban J connectivity index is 1.86. The minimum Gasteiger partial charge on any atom is -0.484 e. The molecule has 2 aromatic carbocycles. The maximum Gasteiger partial charge on any atom is 0.329 e. The Labute approximate surface area is 168 Å². The van der Waals surface area contributed by atoms with Crippen LogP contribution in [-0.2, 0) is 20.9 Å². The molecule has 7 heteroatoms. The molecule has 0 aliphatic rings. The van der Waals surface area contributed by atoms with Crippen LogP contribution >= 0.6 is 11.8 Å². The molecule has 0 radical (unpaired) electrons. The van der Waals surface area contributed by atoms with E-state index in [4.69, 9.17) is 14.7 Å². The van der Waals surface area contributed by atoms with Gasteiger partial charge in [-0.15, -0.1) is 0 Å². The van der Waals surface area contributed by atoms with Gasteiger partial charge in [0.25, 0.3) is 5.91 Å². The Morgan fingerprint density at radius 2 is 1.86 bits per heavy atom. The molecular weight excluding hydrogens is 376 g/mol. The SMILES string of the molecule is CSCC[C@H](NC(=O)COc1ccccc1)C(=O)OCc1ccc(C#N)cc1. The summed E-state index contributed by atoms with van der Waals surface area (Å²) in [5.74, 6) is 0.412. The highest BCUT2D eigenvalue weighted by atomic mass is 32.2. The van der Waals surface area contributed by atoms with Crippen molar-refractivity contribution in [3.8, 4) is 11.8 Å². The van der Waals surface area contributed by atoms with Crippen molar-refractivity contribution in [1.82, 2.24) is 5.32 Å². The van der Waals surface area contributed by atoms with Crippen molar-refractivity contribution >= 4 is 23.6 Å². The number of benzene rings is 2. The van der Waals surface area contributed by atoms with Crippen LogP contribution in [0.15, 0.2) is 54.6 Å². The molecular formula is C21H22N2O4S. The molecule has 0 saturated heterocycles. The second-order valence-corrected chi connectivity index (χ2v) is 6.91. The van der Waals surface area contributed by atoms with Crippen LogP contribution in [0.4, 0.5) is 0 Å². The number of para-hydroxylation sites is 1. The van der Waals surface area contributed by atoms with Gasteiger partial charge in [0, 0.05) is 0 Å². The van der Waals surface area contributed by atoms with Crippen LogP contribution in [0.1, 0.15) is 17.5 Å². The van der Waals surface area contributed by atoms with E-state index in [1.807, 2.05) is 30.5 Å². The first kappa shape index (κ1) is 21.3. The van der Waals surface area contributed by atoms with Gasteiger partial charge in [0.05, 0.1) is 11.6 Å². The zero-order chi connectivity index (χ0) is 20.2. The summed E-state index contributed by atoms with van der Waals surface area (Å²) in [4.78, 5) is 24.6. The third kappa shape index (κ3) is 7.33. The van der Waals surface area contributed by atoms with Gasteiger partial charge in [0.1, 0.15) is 18.4 Å². The standard InChI is InChI=1S/C21H22N2O4S/c1-28-12-11-19(23-20(24)15-26-18-5-3-2-4-6-18)21(25)27-14-17-9-7-16(13-22)8-10-17/h2-10,19H,11-12,14-15H2,1H3,(H,23,24)/t19-/m0/s1. The maximum atomic E-state index is 12.4. The highest BCUT2D eigenvalue weighted by molar-refractivity contribution is 7.98. The van der Waals surface area contributed by atoms with Gasteiger partial charge < -0.3 is 14.8 Å². The van der Waals surface area contributed by atoms with Crippen LogP contribution < -0.4 is 10.1 Å². The van der Waals surface area contributed by atoms with E-state index in [0.29, 0.717) is 23.5 Å². The molecule has 1 atom stereocenters. The normalized spacial score (nSPS) is 11.1. The molecule has 0 aliphatic heterocycles. The lowest BCUT2D eigenvalue weighted by molar-refractivity contribution is -0.149. The summed E-state index contributed by atoms with van der Waals surface area (Å²) in [5, 5.41) is 11.5. The first-order valence-corrected chi connectivity index (χ1v) is 10.1. The highest BCUT2D eigenvalue weighted by Gasteiger charge is 2.22. The average molecular weight is 398 g/mol. The molecule has 0 spiro atoms. The monoisotopic (exact) mass is 398 g/mol. The van der Waals surface area contributed by atoms with Gasteiger partial charge in [-0.1, -0.05) is 30.3 Å². The summed E-state index contributed by atoms with van der Waals surface area (Å²) < 4.78 is 10.7. The number of esters is 1. The third-order valence-corrected chi connectivity index (χ3v) is 4.45. The quantitative estimate of drug-likeness (QED) is 0.619. The first-order chi connectivity index (χ1) is 13.6. The number of rotatable bonds is 10. The van der Waals surface area contributed by atoms with Crippen LogP contribution in [0.5, 0.6) is 5.75 Å². The van der Waals surface area contributed by atoms with Crippen molar-refractivity contribution in [2.45, 2.75) is 19.1 Å². The zero-order valence-electron chi connectivity index (χ0n) is 15.6. The van der Waals surface area contributed by atoms with Crippen LogP contribution in [-0.4, -0.2) is 36.5 Å². The van der Waals surface area contributed by atoms with Crippen LogP contribution in [0.25, 0.3) is 0 Å². The van der Waals surface area contributed by atoms with Gasteiger partial charge >= 0.3 is 5.97 Å². The first-order valence-electron chi connectivity index (χ1n) is 8.74. The number of hydrogen-bond acceptors (Lipinski definition) is 6. The van der Waals surface area contributed by atoms with Gasteiger partial charge in [-0.25, -0.2) is 4.79 Å². The Morgan fingerprint density at radius 3 is 2.50 bits per heavy atom. The van der Waals surface area contributed by atoms with Crippen LogP contribution in [0.2, 0.25) is 0 Å². The zero-order valence-corrected chi connectivity index (χ0v) is 16.4. The number of carbonyl (C=O) groups excluding carboxylic acids is 2.